The van der Waals surface area contributed by atoms with Crippen LogP contribution in [0.4, 0.5) is 9.18 Å². The molecule has 0 spiro atoms. The Kier molecular flexibility index (Phi) is 6.09. The summed E-state index contributed by atoms with van der Waals surface area (Å²) in [6.07, 6.45) is 3.91. The molecule has 1 aromatic heterocycles. The van der Waals surface area contributed by atoms with Gasteiger partial charge in [0.05, 0.1) is 18.4 Å². The van der Waals surface area contributed by atoms with Crippen LogP contribution in [0.1, 0.15) is 45.6 Å². The van der Waals surface area contributed by atoms with Gasteiger partial charge in [0.1, 0.15) is 11.1 Å². The zero-order valence-electron chi connectivity index (χ0n) is 19.0. The Morgan fingerprint density at radius 3 is 2.70 bits per heavy atom. The lowest BCUT2D eigenvalue weighted by Crippen LogP contribution is -2.52. The maximum atomic E-state index is 13.2. The monoisotopic (exact) mass is 456 g/mol. The minimum Gasteiger partial charge on any atom is -0.480 e. The summed E-state index contributed by atoms with van der Waals surface area (Å²) in [6.45, 7) is 6.04. The second kappa shape index (κ2) is 8.70. The number of fused-ring (bicyclic) bond motifs is 1. The highest BCUT2D eigenvalue weighted by atomic mass is 19.1. The van der Waals surface area contributed by atoms with Crippen molar-refractivity contribution in [1.82, 2.24) is 20.2 Å². The first-order valence-electron chi connectivity index (χ1n) is 11.1. The molecule has 2 N–H and O–H groups in total. The Labute approximate surface area is 192 Å². The minimum absolute atomic E-state index is 0.0581. The molecule has 0 unspecified atom stereocenters. The Morgan fingerprint density at radius 2 is 2.03 bits per heavy atom. The molecule has 1 aromatic carbocycles. The van der Waals surface area contributed by atoms with Gasteiger partial charge in [-0.05, 0) is 58.2 Å². The maximum absolute atomic E-state index is 13.2. The number of carbonyl (C=O) groups is 2. The molecule has 3 heterocycles. The molecule has 0 bridgehead atoms. The average Bonchev–Trinajstić information content (AvgIpc) is 3.31. The molecular weight excluding hydrogens is 427 g/mol. The second-order valence-electron chi connectivity index (χ2n) is 9.80. The summed E-state index contributed by atoms with van der Waals surface area (Å²) >= 11 is 0. The summed E-state index contributed by atoms with van der Waals surface area (Å²) in [5.74, 6) is -1.06. The summed E-state index contributed by atoms with van der Waals surface area (Å²) < 4.78 is 18.6. The van der Waals surface area contributed by atoms with Gasteiger partial charge in [0.2, 0.25) is 0 Å². The third kappa shape index (κ3) is 4.83. The zero-order chi connectivity index (χ0) is 23.8. The lowest BCUT2D eigenvalue weighted by molar-refractivity contribution is -0.150. The number of carbonyl (C=O) groups excluding carboxylic acids is 1. The molecule has 2 saturated heterocycles. The highest BCUT2D eigenvalue weighted by molar-refractivity contribution is 5.81. The van der Waals surface area contributed by atoms with Gasteiger partial charge in [0.25, 0.3) is 0 Å². The van der Waals surface area contributed by atoms with Gasteiger partial charge in [0.15, 0.2) is 11.6 Å². The molecule has 176 valence electrons. The lowest BCUT2D eigenvalue weighted by Gasteiger charge is -2.34. The lowest BCUT2D eigenvalue weighted by atomic mass is 9.86. The molecule has 9 heteroatoms. The van der Waals surface area contributed by atoms with Gasteiger partial charge in [-0.25, -0.2) is 19.2 Å². The number of ether oxygens (including phenoxy) is 1. The van der Waals surface area contributed by atoms with Gasteiger partial charge in [-0.3, -0.25) is 9.69 Å². The molecule has 2 aliphatic heterocycles. The number of alkyl carbamates (subject to hydrolysis) is 1. The van der Waals surface area contributed by atoms with Crippen molar-refractivity contribution in [3.05, 3.63) is 48.0 Å². The quantitative estimate of drug-likeness (QED) is 0.710. The standard InChI is InChI=1S/C24H29FN4O4/c1-23(2,3)33-22(32)28-18-12-24(21(30)31,29-9-5-8-19(18)29)11-15-6-4-7-16(10-15)20-26-13-17(25)14-27-20/h4,6-7,10,13-14,18-19H,5,8-9,11-12H2,1-3H3,(H,28,32)(H,30,31)/t18-,19+,24+/m1/s1. The van der Waals surface area contributed by atoms with E-state index >= 15 is 0 Å². The largest absolute Gasteiger partial charge is 0.480 e. The van der Waals surface area contributed by atoms with E-state index in [4.69, 9.17) is 4.74 Å². The predicted octanol–water partition coefficient (Wildman–Crippen LogP) is 3.41. The number of hydrogen-bond acceptors (Lipinski definition) is 6. The van der Waals surface area contributed by atoms with Crippen molar-refractivity contribution < 1.29 is 23.8 Å². The van der Waals surface area contributed by atoms with Crippen LogP contribution in [-0.4, -0.2) is 61.8 Å². The van der Waals surface area contributed by atoms with Crippen molar-refractivity contribution in [3.8, 4) is 11.4 Å². The number of carboxylic acids is 1. The van der Waals surface area contributed by atoms with Crippen LogP contribution in [0.25, 0.3) is 11.4 Å². The number of aliphatic carboxylic acids is 1. The van der Waals surface area contributed by atoms with Crippen LogP contribution >= 0.6 is 0 Å². The molecule has 0 aliphatic carbocycles. The molecule has 8 nitrogen and oxygen atoms in total. The van der Waals surface area contributed by atoms with Crippen molar-refractivity contribution in [2.75, 3.05) is 6.54 Å². The van der Waals surface area contributed by atoms with Crippen molar-refractivity contribution in [2.45, 2.75) is 69.7 Å². The smallest absolute Gasteiger partial charge is 0.407 e. The van der Waals surface area contributed by atoms with E-state index in [1.54, 1.807) is 20.8 Å². The molecule has 2 aromatic rings. The predicted molar refractivity (Wildman–Crippen MR) is 119 cm³/mol. The number of aromatic nitrogens is 2. The fourth-order valence-electron chi connectivity index (χ4n) is 5.04. The van der Waals surface area contributed by atoms with Crippen LogP contribution in [0.3, 0.4) is 0 Å². The topological polar surface area (TPSA) is 105 Å². The van der Waals surface area contributed by atoms with Crippen LogP contribution < -0.4 is 5.32 Å². The van der Waals surface area contributed by atoms with Crippen molar-refractivity contribution in [1.29, 1.82) is 0 Å². The number of carboxylic acid groups (broad SMARTS) is 1. The third-order valence-electron chi connectivity index (χ3n) is 6.27. The van der Waals surface area contributed by atoms with Gasteiger partial charge in [0, 0.05) is 18.0 Å². The highest BCUT2D eigenvalue weighted by Crippen LogP contribution is 2.43. The number of nitrogens with zero attached hydrogens (tertiary/aromatic N) is 3. The Balaban J connectivity index is 1.59. The number of halogens is 1. The molecule has 33 heavy (non-hydrogen) atoms. The van der Waals surface area contributed by atoms with E-state index in [2.05, 4.69) is 15.3 Å². The second-order valence-corrected chi connectivity index (χ2v) is 9.80. The average molecular weight is 457 g/mol. The van der Waals surface area contributed by atoms with Gasteiger partial charge in [-0.15, -0.1) is 0 Å². The zero-order valence-corrected chi connectivity index (χ0v) is 19.0. The maximum Gasteiger partial charge on any atom is 0.407 e. The first-order valence-corrected chi connectivity index (χ1v) is 11.1. The SMILES string of the molecule is CC(C)(C)OC(=O)N[C@@H]1C[C@@](Cc2cccc(-c3ncc(F)cn3)c2)(C(=O)O)N2CCC[C@@H]12. The normalized spacial score (nSPS) is 25.0. The molecule has 2 fully saturated rings. The van der Waals surface area contributed by atoms with Gasteiger partial charge >= 0.3 is 12.1 Å². The summed E-state index contributed by atoms with van der Waals surface area (Å²) in [5.41, 5.74) is -0.285. The summed E-state index contributed by atoms with van der Waals surface area (Å²) in [7, 11) is 0. The molecule has 1 amide bonds. The molecule has 0 radical (unpaired) electrons. The first-order chi connectivity index (χ1) is 15.6. The Hall–Kier alpha value is -3.07. The fraction of sp³-hybridized carbons (Fsp3) is 0.500. The number of hydrogen-bond donors (Lipinski definition) is 2. The highest BCUT2D eigenvalue weighted by Gasteiger charge is 2.58. The molecule has 0 saturated carbocycles. The van der Waals surface area contributed by atoms with Crippen molar-refractivity contribution in [3.63, 3.8) is 0 Å². The third-order valence-corrected chi connectivity index (χ3v) is 6.27. The molecule has 2 aliphatic rings. The summed E-state index contributed by atoms with van der Waals surface area (Å²) in [6, 6.07) is 6.97. The molecular formula is C24H29FN4O4. The van der Waals surface area contributed by atoms with Crippen LogP contribution in [0.15, 0.2) is 36.7 Å². The van der Waals surface area contributed by atoms with Crippen molar-refractivity contribution in [2.24, 2.45) is 0 Å². The van der Waals surface area contributed by atoms with E-state index in [1.807, 2.05) is 29.2 Å². The van der Waals surface area contributed by atoms with E-state index in [1.165, 1.54) is 0 Å². The Bertz CT molecular complexity index is 1040. The van der Waals surface area contributed by atoms with Gasteiger partial charge < -0.3 is 15.2 Å². The van der Waals surface area contributed by atoms with E-state index in [0.29, 0.717) is 17.9 Å². The van der Waals surface area contributed by atoms with Crippen LogP contribution in [0, 0.1) is 5.82 Å². The van der Waals surface area contributed by atoms with E-state index in [0.717, 1.165) is 30.8 Å². The van der Waals surface area contributed by atoms with Crippen LogP contribution in [-0.2, 0) is 16.0 Å². The number of benzene rings is 1. The van der Waals surface area contributed by atoms with Gasteiger partial charge in [-0.2, -0.15) is 0 Å². The minimum atomic E-state index is -1.15. The Morgan fingerprint density at radius 1 is 1.30 bits per heavy atom. The molecule has 4 rings (SSSR count). The van der Waals surface area contributed by atoms with E-state index < -0.39 is 29.0 Å². The summed E-state index contributed by atoms with van der Waals surface area (Å²) in [4.78, 5) is 35.2. The summed E-state index contributed by atoms with van der Waals surface area (Å²) in [5, 5.41) is 13.3. The van der Waals surface area contributed by atoms with Crippen LogP contribution in [0.2, 0.25) is 0 Å². The van der Waals surface area contributed by atoms with Gasteiger partial charge in [-0.1, -0.05) is 18.2 Å². The number of rotatable bonds is 5. The molecule has 3 atom stereocenters. The van der Waals surface area contributed by atoms with E-state index in [9.17, 15) is 19.1 Å². The fourth-order valence-corrected chi connectivity index (χ4v) is 5.04. The van der Waals surface area contributed by atoms with Crippen molar-refractivity contribution >= 4 is 12.1 Å². The van der Waals surface area contributed by atoms with E-state index in [-0.39, 0.29) is 24.9 Å². The number of amides is 1. The first kappa shape index (κ1) is 23.1. The number of nitrogens with one attached hydrogen (secondary N) is 1. The van der Waals surface area contributed by atoms with Crippen LogP contribution in [0.5, 0.6) is 0 Å².